The van der Waals surface area contributed by atoms with Gasteiger partial charge < -0.3 is 10.1 Å². The lowest BCUT2D eigenvalue weighted by molar-refractivity contribution is -0.140. The molecular formula is C20H16Cl2N4O2. The molecule has 4 rings (SSSR count). The molecule has 0 saturated carbocycles. The molecule has 1 aliphatic rings. The lowest BCUT2D eigenvalue weighted by Crippen LogP contribution is -2.29. The van der Waals surface area contributed by atoms with Gasteiger partial charge in [-0.3, -0.25) is 0 Å². The summed E-state index contributed by atoms with van der Waals surface area (Å²) in [7, 11) is 0. The number of fused-ring (bicyclic) bond motifs is 1. The molecule has 0 bridgehead atoms. The first-order valence-corrected chi connectivity index (χ1v) is 9.33. The van der Waals surface area contributed by atoms with Gasteiger partial charge in [-0.25, -0.2) is 9.48 Å². The highest BCUT2D eigenvalue weighted by molar-refractivity contribution is 6.35. The molecule has 0 radical (unpaired) electrons. The quantitative estimate of drug-likeness (QED) is 0.630. The van der Waals surface area contributed by atoms with Crippen LogP contribution in [0.3, 0.4) is 0 Å². The molecule has 0 aliphatic carbocycles. The molecule has 28 heavy (non-hydrogen) atoms. The number of allylic oxidation sites excluding steroid dienone is 1. The Morgan fingerprint density at radius 2 is 2.00 bits per heavy atom. The molecule has 3 aromatic rings. The third-order valence-corrected chi connectivity index (χ3v) is 5.05. The normalized spacial score (nSPS) is 15.8. The Morgan fingerprint density at radius 3 is 2.75 bits per heavy atom. The standard InChI is InChI=1S/C20H16Cl2N4O2/c1-12-17(19(27)28-10-13-5-3-2-4-6-13)18(26-20(25-12)23-11-24-26)15-8-7-14(21)9-16(15)22/h2-9,11,18H,10H2,1H3,(H,23,24,25)/t18-/m0/s1. The Balaban J connectivity index is 1.71. The van der Waals surface area contributed by atoms with E-state index in [9.17, 15) is 4.79 Å². The van der Waals surface area contributed by atoms with E-state index < -0.39 is 12.0 Å². The van der Waals surface area contributed by atoms with Crippen LogP contribution >= 0.6 is 23.2 Å². The van der Waals surface area contributed by atoms with Crippen molar-refractivity contribution in [2.24, 2.45) is 0 Å². The fourth-order valence-electron chi connectivity index (χ4n) is 3.17. The van der Waals surface area contributed by atoms with Crippen LogP contribution in [0.2, 0.25) is 10.0 Å². The predicted octanol–water partition coefficient (Wildman–Crippen LogP) is 4.62. The molecule has 0 fully saturated rings. The minimum atomic E-state index is -0.577. The minimum absolute atomic E-state index is 0.168. The summed E-state index contributed by atoms with van der Waals surface area (Å²) in [6.07, 6.45) is 1.42. The van der Waals surface area contributed by atoms with Crippen LogP contribution < -0.4 is 5.32 Å². The number of anilines is 1. The maximum absolute atomic E-state index is 13.0. The van der Waals surface area contributed by atoms with E-state index >= 15 is 0 Å². The van der Waals surface area contributed by atoms with Crippen LogP contribution in [0, 0.1) is 0 Å². The van der Waals surface area contributed by atoms with E-state index in [0.29, 0.717) is 32.8 Å². The van der Waals surface area contributed by atoms with Crippen molar-refractivity contribution < 1.29 is 9.53 Å². The van der Waals surface area contributed by atoms with Crippen LogP contribution in [0.25, 0.3) is 0 Å². The van der Waals surface area contributed by atoms with E-state index in [1.54, 1.807) is 29.8 Å². The zero-order chi connectivity index (χ0) is 19.7. The predicted molar refractivity (Wildman–Crippen MR) is 107 cm³/mol. The van der Waals surface area contributed by atoms with Crippen molar-refractivity contribution in [1.29, 1.82) is 0 Å². The first-order chi connectivity index (χ1) is 13.5. The number of nitrogens with one attached hydrogen (secondary N) is 1. The molecule has 0 saturated heterocycles. The van der Waals surface area contributed by atoms with E-state index in [4.69, 9.17) is 27.9 Å². The molecule has 8 heteroatoms. The summed E-state index contributed by atoms with van der Waals surface area (Å²) in [4.78, 5) is 17.2. The van der Waals surface area contributed by atoms with E-state index in [0.717, 1.165) is 5.56 Å². The summed E-state index contributed by atoms with van der Waals surface area (Å²) >= 11 is 12.5. The van der Waals surface area contributed by atoms with Crippen LogP contribution in [0.5, 0.6) is 0 Å². The third kappa shape index (κ3) is 3.48. The van der Waals surface area contributed by atoms with E-state index in [1.165, 1.54) is 6.33 Å². The minimum Gasteiger partial charge on any atom is -0.457 e. The van der Waals surface area contributed by atoms with Gasteiger partial charge in [0.15, 0.2) is 0 Å². The van der Waals surface area contributed by atoms with Gasteiger partial charge in [0.25, 0.3) is 0 Å². The summed E-state index contributed by atoms with van der Waals surface area (Å²) in [5.74, 6) is 0.0687. The summed E-state index contributed by atoms with van der Waals surface area (Å²) in [5, 5.41) is 8.31. The van der Waals surface area contributed by atoms with Gasteiger partial charge in [-0.1, -0.05) is 59.6 Å². The second-order valence-electron chi connectivity index (χ2n) is 6.32. The number of halogens is 2. The Labute approximate surface area is 171 Å². The van der Waals surface area contributed by atoms with Crippen molar-refractivity contribution in [3.05, 3.63) is 87.3 Å². The van der Waals surface area contributed by atoms with Crippen LogP contribution in [0.15, 0.2) is 66.1 Å². The first kappa shape index (κ1) is 18.5. The molecule has 1 atom stereocenters. The van der Waals surface area contributed by atoms with Crippen LogP contribution in [0.1, 0.15) is 24.1 Å². The second kappa shape index (κ2) is 7.66. The van der Waals surface area contributed by atoms with E-state index in [2.05, 4.69) is 15.4 Å². The fourth-order valence-corrected chi connectivity index (χ4v) is 3.68. The molecule has 6 nitrogen and oxygen atoms in total. The summed E-state index contributed by atoms with van der Waals surface area (Å²) in [6.45, 7) is 1.97. The highest BCUT2D eigenvalue weighted by atomic mass is 35.5. The van der Waals surface area contributed by atoms with Gasteiger partial charge in [-0.15, -0.1) is 0 Å². The third-order valence-electron chi connectivity index (χ3n) is 4.48. The molecule has 0 unspecified atom stereocenters. The SMILES string of the molecule is CC1=C(C(=O)OCc2ccccc2)[C@H](c2ccc(Cl)cc2Cl)n2ncnc2N1. The van der Waals surface area contributed by atoms with Crippen molar-refractivity contribution in [2.75, 3.05) is 5.32 Å². The number of nitrogens with zero attached hydrogens (tertiary/aromatic N) is 3. The van der Waals surface area contributed by atoms with Crippen molar-refractivity contribution in [1.82, 2.24) is 14.8 Å². The average molecular weight is 415 g/mol. The molecule has 0 spiro atoms. The Bertz CT molecular complexity index is 1060. The number of carbonyl (C=O) groups excluding carboxylic acids is 1. The second-order valence-corrected chi connectivity index (χ2v) is 7.17. The van der Waals surface area contributed by atoms with Gasteiger partial charge in [0.1, 0.15) is 19.0 Å². The highest BCUT2D eigenvalue weighted by Crippen LogP contribution is 2.39. The van der Waals surface area contributed by atoms with Gasteiger partial charge in [0.05, 0.1) is 5.57 Å². The van der Waals surface area contributed by atoms with Gasteiger partial charge >= 0.3 is 5.97 Å². The summed E-state index contributed by atoms with van der Waals surface area (Å²) in [6, 6.07) is 14.1. The Morgan fingerprint density at radius 1 is 1.21 bits per heavy atom. The molecule has 2 heterocycles. The number of hydrogen-bond acceptors (Lipinski definition) is 5. The molecule has 2 aromatic carbocycles. The Kier molecular flexibility index (Phi) is 5.07. The average Bonchev–Trinajstić information content (AvgIpc) is 3.14. The zero-order valence-corrected chi connectivity index (χ0v) is 16.4. The smallest absolute Gasteiger partial charge is 0.338 e. The van der Waals surface area contributed by atoms with Crippen LogP contribution in [0.4, 0.5) is 5.95 Å². The van der Waals surface area contributed by atoms with Gasteiger partial charge in [-0.2, -0.15) is 10.1 Å². The summed E-state index contributed by atoms with van der Waals surface area (Å²) < 4.78 is 7.19. The molecule has 0 amide bonds. The maximum atomic E-state index is 13.0. The number of ether oxygens (including phenoxy) is 1. The van der Waals surface area contributed by atoms with Crippen LogP contribution in [-0.4, -0.2) is 20.7 Å². The Hall–Kier alpha value is -2.83. The molecule has 142 valence electrons. The lowest BCUT2D eigenvalue weighted by atomic mass is 9.95. The number of benzene rings is 2. The number of rotatable bonds is 4. The topological polar surface area (TPSA) is 69.0 Å². The van der Waals surface area contributed by atoms with Gasteiger partial charge in [0, 0.05) is 21.3 Å². The largest absolute Gasteiger partial charge is 0.457 e. The van der Waals surface area contributed by atoms with Crippen molar-refractivity contribution in [3.8, 4) is 0 Å². The molecule has 1 N–H and O–H groups in total. The number of esters is 1. The zero-order valence-electron chi connectivity index (χ0n) is 14.9. The highest BCUT2D eigenvalue weighted by Gasteiger charge is 2.35. The number of aromatic nitrogens is 3. The lowest BCUT2D eigenvalue weighted by Gasteiger charge is -2.28. The number of hydrogen-bond donors (Lipinski definition) is 1. The van der Waals surface area contributed by atoms with E-state index in [1.807, 2.05) is 30.3 Å². The number of carbonyl (C=O) groups is 1. The molecular weight excluding hydrogens is 399 g/mol. The maximum Gasteiger partial charge on any atom is 0.338 e. The van der Waals surface area contributed by atoms with Crippen molar-refractivity contribution in [2.45, 2.75) is 19.6 Å². The summed E-state index contributed by atoms with van der Waals surface area (Å²) in [5.41, 5.74) is 2.64. The van der Waals surface area contributed by atoms with E-state index in [-0.39, 0.29) is 6.61 Å². The van der Waals surface area contributed by atoms with Crippen molar-refractivity contribution >= 4 is 35.1 Å². The van der Waals surface area contributed by atoms with Gasteiger partial charge in [-0.05, 0) is 24.6 Å². The van der Waals surface area contributed by atoms with Gasteiger partial charge in [0.2, 0.25) is 5.95 Å². The van der Waals surface area contributed by atoms with Crippen molar-refractivity contribution in [3.63, 3.8) is 0 Å². The monoisotopic (exact) mass is 414 g/mol. The fraction of sp³-hybridized carbons (Fsp3) is 0.150. The van der Waals surface area contributed by atoms with Crippen LogP contribution in [-0.2, 0) is 16.1 Å². The molecule has 1 aliphatic heterocycles. The molecule has 1 aromatic heterocycles. The first-order valence-electron chi connectivity index (χ1n) is 8.58.